The molecule has 0 spiro atoms. The number of benzene rings is 1. The number of nitrogens with zero attached hydrogens (tertiary/aromatic N) is 2. The van der Waals surface area contributed by atoms with Crippen molar-refractivity contribution in [3.8, 4) is 6.07 Å². The van der Waals surface area contributed by atoms with Crippen molar-refractivity contribution in [2.24, 2.45) is 0 Å². The van der Waals surface area contributed by atoms with Gasteiger partial charge in [-0.05, 0) is 30.2 Å². The van der Waals surface area contributed by atoms with E-state index in [2.05, 4.69) is 16.4 Å². The molecule has 4 heteroatoms. The topological polar surface area (TPSA) is 48.7 Å². The largest absolute Gasteiger partial charge is 0.382 e. The van der Waals surface area contributed by atoms with Crippen LogP contribution in [0.5, 0.6) is 0 Å². The van der Waals surface area contributed by atoms with Crippen LogP contribution in [0, 0.1) is 17.1 Å². The second-order valence-electron chi connectivity index (χ2n) is 3.84. The normalized spacial score (nSPS) is 9.78. The van der Waals surface area contributed by atoms with Crippen LogP contribution >= 0.6 is 0 Å². The molecule has 0 atom stereocenters. The molecule has 90 valence electrons. The molecular formula is C14H12FN3. The maximum Gasteiger partial charge on any atom is 0.123 e. The van der Waals surface area contributed by atoms with Crippen molar-refractivity contribution < 1.29 is 4.39 Å². The smallest absolute Gasteiger partial charge is 0.123 e. The Morgan fingerprint density at radius 1 is 1.22 bits per heavy atom. The zero-order chi connectivity index (χ0) is 12.8. The molecule has 0 unspecified atom stereocenters. The first-order valence-corrected chi connectivity index (χ1v) is 5.62. The number of hydrogen-bond acceptors (Lipinski definition) is 3. The highest BCUT2D eigenvalue weighted by atomic mass is 19.1. The van der Waals surface area contributed by atoms with Gasteiger partial charge < -0.3 is 5.32 Å². The van der Waals surface area contributed by atoms with Crippen LogP contribution in [0.15, 0.2) is 42.7 Å². The third kappa shape index (κ3) is 3.05. The van der Waals surface area contributed by atoms with Crippen molar-refractivity contribution in [3.63, 3.8) is 0 Å². The van der Waals surface area contributed by atoms with E-state index in [1.165, 1.54) is 12.1 Å². The summed E-state index contributed by atoms with van der Waals surface area (Å²) in [5, 5.41) is 12.1. The first-order valence-electron chi connectivity index (χ1n) is 5.62. The predicted octanol–water partition coefficient (Wildman–Crippen LogP) is 2.75. The highest BCUT2D eigenvalue weighted by Crippen LogP contribution is 2.12. The van der Waals surface area contributed by atoms with Crippen molar-refractivity contribution >= 4 is 5.69 Å². The van der Waals surface area contributed by atoms with E-state index >= 15 is 0 Å². The fraction of sp³-hybridized carbons (Fsp3) is 0.143. The summed E-state index contributed by atoms with van der Waals surface area (Å²) in [5.41, 5.74) is 2.34. The van der Waals surface area contributed by atoms with E-state index in [4.69, 9.17) is 5.26 Å². The fourth-order valence-corrected chi connectivity index (χ4v) is 1.63. The van der Waals surface area contributed by atoms with E-state index in [0.717, 1.165) is 17.7 Å². The molecule has 0 saturated heterocycles. The summed E-state index contributed by atoms with van der Waals surface area (Å²) in [6.07, 6.45) is 3.98. The van der Waals surface area contributed by atoms with E-state index < -0.39 is 0 Å². The highest BCUT2D eigenvalue weighted by Gasteiger charge is 2.00. The Balaban J connectivity index is 1.93. The molecule has 0 aliphatic heterocycles. The van der Waals surface area contributed by atoms with E-state index in [-0.39, 0.29) is 5.82 Å². The summed E-state index contributed by atoms with van der Waals surface area (Å²) in [6, 6.07) is 10.2. The number of anilines is 1. The first-order chi connectivity index (χ1) is 8.79. The van der Waals surface area contributed by atoms with Crippen LogP contribution in [0.1, 0.15) is 11.1 Å². The maximum absolute atomic E-state index is 12.7. The number of pyridine rings is 1. The van der Waals surface area contributed by atoms with Crippen molar-refractivity contribution in [1.82, 2.24) is 4.98 Å². The van der Waals surface area contributed by atoms with E-state index in [1.807, 2.05) is 0 Å². The molecule has 2 aromatic rings. The van der Waals surface area contributed by atoms with Crippen molar-refractivity contribution in [2.45, 2.75) is 6.42 Å². The van der Waals surface area contributed by atoms with Crippen LogP contribution in [-0.4, -0.2) is 11.5 Å². The summed E-state index contributed by atoms with van der Waals surface area (Å²) in [4.78, 5) is 3.97. The van der Waals surface area contributed by atoms with Crippen LogP contribution in [0.3, 0.4) is 0 Å². The van der Waals surface area contributed by atoms with Crippen LogP contribution in [0.2, 0.25) is 0 Å². The van der Waals surface area contributed by atoms with Crippen LogP contribution in [0.25, 0.3) is 0 Å². The third-order valence-corrected chi connectivity index (χ3v) is 2.58. The zero-order valence-corrected chi connectivity index (χ0v) is 9.73. The lowest BCUT2D eigenvalue weighted by Crippen LogP contribution is -2.06. The molecule has 0 fully saturated rings. The second kappa shape index (κ2) is 5.78. The molecule has 0 bridgehead atoms. The Hall–Kier alpha value is -2.41. The molecule has 2 rings (SSSR count). The minimum Gasteiger partial charge on any atom is -0.382 e. The standard InChI is InChI=1S/C14H12FN3/c15-13-3-1-11(2-4-13)5-8-18-14-10-17-7-6-12(14)9-16/h1-4,6-7,10,18H,5,8H2. The van der Waals surface area contributed by atoms with Gasteiger partial charge in [-0.1, -0.05) is 12.1 Å². The molecule has 0 amide bonds. The van der Waals surface area contributed by atoms with E-state index in [1.54, 1.807) is 30.6 Å². The SMILES string of the molecule is N#Cc1ccncc1NCCc1ccc(F)cc1. The summed E-state index contributed by atoms with van der Waals surface area (Å²) in [6.45, 7) is 0.673. The van der Waals surface area contributed by atoms with E-state index in [0.29, 0.717) is 12.1 Å². The Labute approximate surface area is 105 Å². The zero-order valence-electron chi connectivity index (χ0n) is 9.73. The Kier molecular flexibility index (Phi) is 3.87. The third-order valence-electron chi connectivity index (χ3n) is 2.58. The summed E-state index contributed by atoms with van der Waals surface area (Å²) >= 11 is 0. The van der Waals surface area contributed by atoms with Crippen LogP contribution in [-0.2, 0) is 6.42 Å². The Morgan fingerprint density at radius 2 is 2.00 bits per heavy atom. The lowest BCUT2D eigenvalue weighted by Gasteiger charge is -2.07. The molecule has 1 heterocycles. The number of rotatable bonds is 4. The average Bonchev–Trinajstić information content (AvgIpc) is 2.41. The van der Waals surface area contributed by atoms with Crippen LogP contribution < -0.4 is 5.32 Å². The van der Waals surface area contributed by atoms with Crippen molar-refractivity contribution in [3.05, 3.63) is 59.7 Å². The van der Waals surface area contributed by atoms with Gasteiger partial charge in [-0.3, -0.25) is 4.98 Å². The fourth-order valence-electron chi connectivity index (χ4n) is 1.63. The molecule has 1 aromatic carbocycles. The van der Waals surface area contributed by atoms with Gasteiger partial charge in [0.25, 0.3) is 0 Å². The average molecular weight is 241 g/mol. The molecule has 0 aliphatic rings. The lowest BCUT2D eigenvalue weighted by molar-refractivity contribution is 0.627. The molecule has 0 radical (unpaired) electrons. The molecule has 3 nitrogen and oxygen atoms in total. The lowest BCUT2D eigenvalue weighted by atomic mass is 10.1. The minimum atomic E-state index is -0.231. The van der Waals surface area contributed by atoms with Crippen molar-refractivity contribution in [2.75, 3.05) is 11.9 Å². The van der Waals surface area contributed by atoms with Gasteiger partial charge in [0.05, 0.1) is 17.4 Å². The number of halogens is 1. The Morgan fingerprint density at radius 3 is 2.72 bits per heavy atom. The minimum absolute atomic E-state index is 0.231. The number of nitrogens with one attached hydrogen (secondary N) is 1. The molecule has 1 aromatic heterocycles. The van der Waals surface area contributed by atoms with Gasteiger partial charge in [-0.2, -0.15) is 5.26 Å². The maximum atomic E-state index is 12.7. The summed E-state index contributed by atoms with van der Waals surface area (Å²) < 4.78 is 12.7. The van der Waals surface area contributed by atoms with Crippen molar-refractivity contribution in [1.29, 1.82) is 5.26 Å². The first kappa shape index (κ1) is 12.1. The van der Waals surface area contributed by atoms with Gasteiger partial charge in [-0.15, -0.1) is 0 Å². The van der Waals surface area contributed by atoms with Gasteiger partial charge in [0.2, 0.25) is 0 Å². The van der Waals surface area contributed by atoms with Gasteiger partial charge in [0, 0.05) is 12.7 Å². The van der Waals surface area contributed by atoms with Gasteiger partial charge >= 0.3 is 0 Å². The molecular weight excluding hydrogens is 229 g/mol. The predicted molar refractivity (Wildman–Crippen MR) is 67.5 cm³/mol. The molecule has 0 aliphatic carbocycles. The number of aromatic nitrogens is 1. The molecule has 0 saturated carbocycles. The van der Waals surface area contributed by atoms with Gasteiger partial charge in [0.15, 0.2) is 0 Å². The monoisotopic (exact) mass is 241 g/mol. The highest BCUT2D eigenvalue weighted by molar-refractivity contribution is 5.55. The summed E-state index contributed by atoms with van der Waals surface area (Å²) in [7, 11) is 0. The second-order valence-corrected chi connectivity index (χ2v) is 3.84. The molecule has 18 heavy (non-hydrogen) atoms. The molecule has 1 N–H and O–H groups in total. The van der Waals surface area contributed by atoms with Gasteiger partial charge in [-0.25, -0.2) is 4.39 Å². The number of nitriles is 1. The van der Waals surface area contributed by atoms with E-state index in [9.17, 15) is 4.39 Å². The van der Waals surface area contributed by atoms with Gasteiger partial charge in [0.1, 0.15) is 11.9 Å². The number of hydrogen-bond donors (Lipinski definition) is 1. The van der Waals surface area contributed by atoms with Crippen LogP contribution in [0.4, 0.5) is 10.1 Å². The summed E-state index contributed by atoms with van der Waals surface area (Å²) in [5.74, 6) is -0.231. The Bertz CT molecular complexity index is 558. The quantitative estimate of drug-likeness (QED) is 0.895.